The third-order valence-electron chi connectivity index (χ3n) is 3.92. The van der Waals surface area contributed by atoms with Gasteiger partial charge in [0.25, 0.3) is 0 Å². The van der Waals surface area contributed by atoms with E-state index in [0.29, 0.717) is 0 Å². The summed E-state index contributed by atoms with van der Waals surface area (Å²) in [6.07, 6.45) is 0.964. The molecule has 0 heterocycles. The summed E-state index contributed by atoms with van der Waals surface area (Å²) in [6, 6.07) is 4.37. The number of sulfonamides is 1. The minimum atomic E-state index is -3.83. The van der Waals surface area contributed by atoms with E-state index in [2.05, 4.69) is 5.32 Å². The summed E-state index contributed by atoms with van der Waals surface area (Å²) in [6.45, 7) is 9.41. The minimum Gasteiger partial charge on any atom is -0.351 e. The van der Waals surface area contributed by atoms with E-state index in [4.69, 9.17) is 0 Å². The van der Waals surface area contributed by atoms with Gasteiger partial charge in [0.2, 0.25) is 15.9 Å². The molecule has 1 aromatic rings. The molecule has 1 amide bonds. The second-order valence-corrected chi connectivity index (χ2v) is 8.57. The van der Waals surface area contributed by atoms with Gasteiger partial charge in [-0.15, -0.1) is 0 Å². The number of rotatable bonds is 7. The van der Waals surface area contributed by atoms with Gasteiger partial charge < -0.3 is 5.32 Å². The second kappa shape index (κ2) is 7.96. The number of amides is 1. The molecule has 1 atom stereocenters. The van der Waals surface area contributed by atoms with E-state index < -0.39 is 27.8 Å². The van der Waals surface area contributed by atoms with Gasteiger partial charge in [0.1, 0.15) is 11.9 Å². The number of carbonyl (C=O) groups excluding carboxylic acids is 1. The fourth-order valence-electron chi connectivity index (χ4n) is 2.80. The third-order valence-corrected chi connectivity index (χ3v) is 5.15. The van der Waals surface area contributed by atoms with E-state index in [9.17, 15) is 17.6 Å². The van der Waals surface area contributed by atoms with E-state index in [1.54, 1.807) is 0 Å². The van der Waals surface area contributed by atoms with E-state index in [1.807, 2.05) is 27.7 Å². The molecular weight excluding hydrogens is 331 g/mol. The second-order valence-electron chi connectivity index (χ2n) is 6.71. The fraction of sp³-hybridized carbons (Fsp3) is 0.588. The van der Waals surface area contributed by atoms with Crippen LogP contribution in [0.3, 0.4) is 0 Å². The monoisotopic (exact) mass is 358 g/mol. The number of anilines is 1. The average molecular weight is 358 g/mol. The highest BCUT2D eigenvalue weighted by atomic mass is 32.2. The molecule has 0 aliphatic carbocycles. The molecule has 0 aliphatic heterocycles. The summed E-state index contributed by atoms with van der Waals surface area (Å²) >= 11 is 0. The van der Waals surface area contributed by atoms with Crippen LogP contribution in [0.15, 0.2) is 24.3 Å². The normalized spacial score (nSPS) is 13.4. The summed E-state index contributed by atoms with van der Waals surface area (Å²) < 4.78 is 39.2. The standard InChI is InChI=1S/C17H27FN2O3S/c1-11(2)16(12(3)4)19-17(21)13(5)20(24(6,22)23)15-10-8-7-9-14(15)18/h7-13,16H,1-6H3,(H,19,21). The van der Waals surface area contributed by atoms with Crippen LogP contribution in [0, 0.1) is 17.7 Å². The largest absolute Gasteiger partial charge is 0.351 e. The lowest BCUT2D eigenvalue weighted by Gasteiger charge is -2.32. The predicted octanol–water partition coefficient (Wildman–Crippen LogP) is 2.78. The van der Waals surface area contributed by atoms with E-state index in [0.717, 1.165) is 10.6 Å². The quantitative estimate of drug-likeness (QED) is 0.815. The average Bonchev–Trinajstić information content (AvgIpc) is 2.44. The maximum absolute atomic E-state index is 14.1. The van der Waals surface area contributed by atoms with Crippen LogP contribution in [-0.2, 0) is 14.8 Å². The highest BCUT2D eigenvalue weighted by Crippen LogP contribution is 2.24. The van der Waals surface area contributed by atoms with Gasteiger partial charge >= 0.3 is 0 Å². The minimum absolute atomic E-state index is 0.0954. The van der Waals surface area contributed by atoms with Crippen LogP contribution in [-0.4, -0.2) is 32.7 Å². The number of nitrogens with zero attached hydrogens (tertiary/aromatic N) is 1. The Morgan fingerprint density at radius 2 is 1.58 bits per heavy atom. The smallest absolute Gasteiger partial charge is 0.243 e. The number of hydrogen-bond acceptors (Lipinski definition) is 3. The number of carbonyl (C=O) groups is 1. The van der Waals surface area contributed by atoms with Gasteiger partial charge in [-0.05, 0) is 30.9 Å². The lowest BCUT2D eigenvalue weighted by molar-refractivity contribution is -0.123. The van der Waals surface area contributed by atoms with Crippen LogP contribution in [0.25, 0.3) is 0 Å². The molecule has 0 bridgehead atoms. The van der Waals surface area contributed by atoms with Crippen molar-refractivity contribution in [3.63, 3.8) is 0 Å². The lowest BCUT2D eigenvalue weighted by atomic mass is 9.93. The summed E-state index contributed by atoms with van der Waals surface area (Å²) in [7, 11) is -3.83. The van der Waals surface area contributed by atoms with Crippen molar-refractivity contribution < 1.29 is 17.6 Å². The molecule has 0 fully saturated rings. The zero-order valence-corrected chi connectivity index (χ0v) is 15.9. The number of para-hydroxylation sites is 1. The van der Waals surface area contributed by atoms with Crippen LogP contribution >= 0.6 is 0 Å². The maximum Gasteiger partial charge on any atom is 0.243 e. The van der Waals surface area contributed by atoms with E-state index >= 15 is 0 Å². The molecule has 5 nitrogen and oxygen atoms in total. The molecule has 1 N–H and O–H groups in total. The molecule has 0 radical (unpaired) electrons. The highest BCUT2D eigenvalue weighted by Gasteiger charge is 2.32. The predicted molar refractivity (Wildman–Crippen MR) is 94.8 cm³/mol. The van der Waals surface area contributed by atoms with Crippen molar-refractivity contribution in [3.05, 3.63) is 30.1 Å². The van der Waals surface area contributed by atoms with Gasteiger partial charge in [-0.3, -0.25) is 9.10 Å². The first kappa shape index (κ1) is 20.4. The van der Waals surface area contributed by atoms with Crippen molar-refractivity contribution in [1.29, 1.82) is 0 Å². The first-order valence-corrected chi connectivity index (χ1v) is 9.86. The van der Waals surface area contributed by atoms with E-state index in [-0.39, 0.29) is 23.6 Å². The summed E-state index contributed by atoms with van der Waals surface area (Å²) in [5, 5.41) is 2.89. The molecule has 0 aliphatic rings. The van der Waals surface area contributed by atoms with Crippen molar-refractivity contribution in [2.75, 3.05) is 10.6 Å². The molecule has 136 valence electrons. The number of halogens is 1. The highest BCUT2D eigenvalue weighted by molar-refractivity contribution is 7.92. The first-order chi connectivity index (χ1) is 11.0. The Morgan fingerprint density at radius 1 is 1.08 bits per heavy atom. The summed E-state index contributed by atoms with van der Waals surface area (Å²) in [5.74, 6) is -0.745. The Hall–Kier alpha value is -1.63. The Labute approximate surface area is 144 Å². The van der Waals surface area contributed by atoms with Crippen molar-refractivity contribution >= 4 is 21.6 Å². The number of hydrogen-bond donors (Lipinski definition) is 1. The van der Waals surface area contributed by atoms with Gasteiger partial charge in [-0.1, -0.05) is 39.8 Å². The first-order valence-electron chi connectivity index (χ1n) is 8.01. The number of nitrogens with one attached hydrogen (secondary N) is 1. The molecule has 0 saturated heterocycles. The molecule has 1 aromatic carbocycles. The van der Waals surface area contributed by atoms with Crippen LogP contribution < -0.4 is 9.62 Å². The Kier molecular flexibility index (Phi) is 6.77. The molecule has 1 unspecified atom stereocenters. The molecule has 0 aromatic heterocycles. The molecule has 0 spiro atoms. The summed E-state index contributed by atoms with van der Waals surface area (Å²) in [4.78, 5) is 12.6. The molecule has 1 rings (SSSR count). The van der Waals surface area contributed by atoms with Crippen LogP contribution in [0.4, 0.5) is 10.1 Å². The van der Waals surface area contributed by atoms with Crippen LogP contribution in [0.1, 0.15) is 34.6 Å². The third kappa shape index (κ3) is 4.93. The van der Waals surface area contributed by atoms with E-state index in [1.165, 1.54) is 31.2 Å². The molecular formula is C17H27FN2O3S. The zero-order chi connectivity index (χ0) is 18.7. The van der Waals surface area contributed by atoms with Crippen molar-refractivity contribution in [2.45, 2.75) is 46.7 Å². The van der Waals surface area contributed by atoms with Crippen molar-refractivity contribution in [2.24, 2.45) is 11.8 Å². The van der Waals surface area contributed by atoms with Crippen molar-refractivity contribution in [1.82, 2.24) is 5.32 Å². The van der Waals surface area contributed by atoms with Gasteiger partial charge in [-0.25, -0.2) is 12.8 Å². The summed E-state index contributed by atoms with van der Waals surface area (Å²) in [5.41, 5.74) is -0.131. The van der Waals surface area contributed by atoms with Gasteiger partial charge in [0, 0.05) is 6.04 Å². The number of benzene rings is 1. The Bertz CT molecular complexity index is 666. The molecule has 7 heteroatoms. The fourth-order valence-corrected chi connectivity index (χ4v) is 3.97. The van der Waals surface area contributed by atoms with Crippen LogP contribution in [0.5, 0.6) is 0 Å². The SMILES string of the molecule is CC(C)C(NC(=O)C(C)N(c1ccccc1F)S(C)(=O)=O)C(C)C. The zero-order valence-electron chi connectivity index (χ0n) is 15.1. The lowest BCUT2D eigenvalue weighted by Crippen LogP contribution is -2.52. The van der Waals surface area contributed by atoms with Gasteiger partial charge in [-0.2, -0.15) is 0 Å². The molecule has 24 heavy (non-hydrogen) atoms. The Morgan fingerprint density at radius 3 is 2.00 bits per heavy atom. The maximum atomic E-state index is 14.1. The molecule has 0 saturated carbocycles. The Balaban J connectivity index is 3.17. The van der Waals surface area contributed by atoms with Gasteiger partial charge in [0.05, 0.1) is 11.9 Å². The van der Waals surface area contributed by atoms with Gasteiger partial charge in [0.15, 0.2) is 0 Å². The van der Waals surface area contributed by atoms with Crippen LogP contribution in [0.2, 0.25) is 0 Å². The van der Waals surface area contributed by atoms with Crippen molar-refractivity contribution in [3.8, 4) is 0 Å². The topological polar surface area (TPSA) is 66.5 Å².